The first kappa shape index (κ1) is 15.5. The van der Waals surface area contributed by atoms with Crippen molar-refractivity contribution in [2.45, 2.75) is 37.0 Å². The van der Waals surface area contributed by atoms with Crippen molar-refractivity contribution in [1.82, 2.24) is 4.98 Å². The van der Waals surface area contributed by atoms with E-state index in [-0.39, 0.29) is 4.90 Å². The van der Waals surface area contributed by atoms with E-state index in [1.54, 1.807) is 12.1 Å². The first-order valence-electron chi connectivity index (χ1n) is 8.24. The summed E-state index contributed by atoms with van der Waals surface area (Å²) in [5, 5.41) is 5.17. The zero-order valence-electron chi connectivity index (χ0n) is 13.4. The summed E-state index contributed by atoms with van der Waals surface area (Å²) in [6.45, 7) is 0. The van der Waals surface area contributed by atoms with Crippen LogP contribution >= 0.6 is 0 Å². The molecule has 1 fully saturated rings. The van der Waals surface area contributed by atoms with Gasteiger partial charge in [-0.1, -0.05) is 36.8 Å². The van der Waals surface area contributed by atoms with Gasteiger partial charge in [-0.2, -0.15) is 0 Å². The van der Waals surface area contributed by atoms with Crippen molar-refractivity contribution in [3.63, 3.8) is 0 Å². The molecule has 4 rings (SSSR count). The van der Waals surface area contributed by atoms with Gasteiger partial charge in [-0.3, -0.25) is 4.98 Å². The normalized spacial score (nSPS) is 19.5. The molecule has 1 spiro atoms. The molecule has 124 valence electrons. The Labute approximate surface area is 142 Å². The van der Waals surface area contributed by atoms with E-state index in [0.717, 1.165) is 18.5 Å². The number of sulfonamides is 1. The summed E-state index contributed by atoms with van der Waals surface area (Å²) in [5.74, 6) is 0. The van der Waals surface area contributed by atoms with Crippen molar-refractivity contribution in [2.75, 3.05) is 0 Å². The summed E-state index contributed by atoms with van der Waals surface area (Å²) in [4.78, 5) is 4.47. The van der Waals surface area contributed by atoms with Gasteiger partial charge in [0.05, 0.1) is 5.69 Å². The molecule has 24 heavy (non-hydrogen) atoms. The lowest BCUT2D eigenvalue weighted by atomic mass is 9.66. The maximum atomic E-state index is 11.4. The van der Waals surface area contributed by atoms with Gasteiger partial charge in [0.2, 0.25) is 10.0 Å². The van der Waals surface area contributed by atoms with Crippen LogP contribution in [-0.2, 0) is 10.0 Å². The molecule has 0 radical (unpaired) electrons. The Morgan fingerprint density at radius 3 is 2.21 bits per heavy atom. The number of hydrogen-bond acceptors (Lipinski definition) is 3. The molecule has 2 aliphatic rings. The van der Waals surface area contributed by atoms with Crippen LogP contribution in [0.2, 0.25) is 0 Å². The molecule has 1 saturated carbocycles. The smallest absolute Gasteiger partial charge is 0.239 e. The molecule has 1 aromatic heterocycles. The molecule has 2 N–H and O–H groups in total. The van der Waals surface area contributed by atoms with Gasteiger partial charge in [0.15, 0.2) is 0 Å². The summed E-state index contributed by atoms with van der Waals surface area (Å²) in [6.07, 6.45) is 7.31. The fourth-order valence-corrected chi connectivity index (χ4v) is 4.40. The Balaban J connectivity index is 1.77. The predicted molar refractivity (Wildman–Crippen MR) is 94.4 cm³/mol. The average molecular weight is 340 g/mol. The molecular weight excluding hydrogens is 320 g/mol. The predicted octanol–water partition coefficient (Wildman–Crippen LogP) is 3.60. The van der Waals surface area contributed by atoms with E-state index in [2.05, 4.69) is 29.2 Å². The van der Waals surface area contributed by atoms with Crippen LogP contribution in [0.25, 0.3) is 11.1 Å². The molecule has 2 aliphatic carbocycles. The summed E-state index contributed by atoms with van der Waals surface area (Å²) < 4.78 is 22.9. The van der Waals surface area contributed by atoms with Crippen LogP contribution in [0.3, 0.4) is 0 Å². The third kappa shape index (κ3) is 2.68. The molecule has 5 heteroatoms. The molecule has 0 unspecified atom stereocenters. The minimum Gasteiger partial charge on any atom is -0.255 e. The van der Waals surface area contributed by atoms with E-state index < -0.39 is 10.0 Å². The largest absolute Gasteiger partial charge is 0.255 e. The number of nitrogens with two attached hydrogens (primary N) is 1. The van der Waals surface area contributed by atoms with Crippen LogP contribution in [0.1, 0.15) is 43.4 Å². The van der Waals surface area contributed by atoms with Gasteiger partial charge in [0.1, 0.15) is 4.90 Å². The van der Waals surface area contributed by atoms with Gasteiger partial charge in [-0.15, -0.1) is 0 Å². The Kier molecular flexibility index (Phi) is 3.58. The van der Waals surface area contributed by atoms with Crippen molar-refractivity contribution in [1.29, 1.82) is 0 Å². The fourth-order valence-electron chi connectivity index (χ4n) is 3.94. The van der Waals surface area contributed by atoms with E-state index in [4.69, 9.17) is 5.14 Å². The standard InChI is InChI=1S/C19H20N2O2S/c20-24(22,23)15-7-8-18(21-13-15)17-12-19(9-4-10-19)11-16(17)14-5-2-1-3-6-14/h1-3,5-8,13H,4,9-12H2,(H2,20,22,23). The number of hydrogen-bond donors (Lipinski definition) is 1. The number of nitrogens with zero attached hydrogens (tertiary/aromatic N) is 1. The number of benzene rings is 1. The van der Waals surface area contributed by atoms with Crippen molar-refractivity contribution in [3.05, 3.63) is 59.9 Å². The molecular formula is C19H20N2O2S. The van der Waals surface area contributed by atoms with Gasteiger partial charge in [-0.25, -0.2) is 13.6 Å². The quantitative estimate of drug-likeness (QED) is 0.928. The third-order valence-corrected chi connectivity index (χ3v) is 6.28. The molecule has 0 aliphatic heterocycles. The van der Waals surface area contributed by atoms with Crippen LogP contribution in [0.5, 0.6) is 0 Å². The molecule has 4 nitrogen and oxygen atoms in total. The zero-order chi connectivity index (χ0) is 16.8. The van der Waals surface area contributed by atoms with E-state index in [1.807, 2.05) is 6.07 Å². The first-order valence-corrected chi connectivity index (χ1v) is 9.78. The lowest BCUT2D eigenvalue weighted by molar-refractivity contribution is 0.157. The fraction of sp³-hybridized carbons (Fsp3) is 0.316. The monoisotopic (exact) mass is 340 g/mol. The Bertz CT molecular complexity index is 896. The number of aromatic nitrogens is 1. The molecule has 1 aromatic carbocycles. The van der Waals surface area contributed by atoms with E-state index in [9.17, 15) is 8.42 Å². The summed E-state index contributed by atoms with van der Waals surface area (Å²) >= 11 is 0. The highest BCUT2D eigenvalue weighted by Gasteiger charge is 2.43. The summed E-state index contributed by atoms with van der Waals surface area (Å²) in [6, 6.07) is 13.8. The highest BCUT2D eigenvalue weighted by atomic mass is 32.2. The second-order valence-electron chi connectivity index (χ2n) is 6.95. The van der Waals surface area contributed by atoms with Gasteiger partial charge in [0.25, 0.3) is 0 Å². The number of allylic oxidation sites excluding steroid dienone is 2. The Morgan fingerprint density at radius 1 is 0.958 bits per heavy atom. The summed E-state index contributed by atoms with van der Waals surface area (Å²) in [7, 11) is -3.70. The minimum atomic E-state index is -3.70. The van der Waals surface area contributed by atoms with Gasteiger partial charge in [-0.05, 0) is 59.9 Å². The van der Waals surface area contributed by atoms with Crippen LogP contribution in [0, 0.1) is 5.41 Å². The lowest BCUT2D eigenvalue weighted by Crippen LogP contribution is -2.26. The highest BCUT2D eigenvalue weighted by molar-refractivity contribution is 7.89. The van der Waals surface area contributed by atoms with Gasteiger partial charge < -0.3 is 0 Å². The minimum absolute atomic E-state index is 0.0597. The van der Waals surface area contributed by atoms with E-state index in [0.29, 0.717) is 5.41 Å². The topological polar surface area (TPSA) is 73.1 Å². The van der Waals surface area contributed by atoms with Crippen LogP contribution < -0.4 is 5.14 Å². The number of pyridine rings is 1. The van der Waals surface area contributed by atoms with Gasteiger partial charge >= 0.3 is 0 Å². The molecule has 2 aromatic rings. The SMILES string of the molecule is NS(=O)(=O)c1ccc(C2=C(c3ccccc3)CC3(CCC3)C2)nc1. The number of primary sulfonamides is 1. The van der Waals surface area contributed by atoms with Crippen molar-refractivity contribution < 1.29 is 8.42 Å². The molecule has 0 bridgehead atoms. The second-order valence-corrected chi connectivity index (χ2v) is 8.52. The lowest BCUT2D eigenvalue weighted by Gasteiger charge is -2.39. The third-order valence-electron chi connectivity index (χ3n) is 5.38. The summed E-state index contributed by atoms with van der Waals surface area (Å²) in [5.41, 5.74) is 5.10. The Hall–Kier alpha value is -1.98. The maximum Gasteiger partial charge on any atom is 0.239 e. The van der Waals surface area contributed by atoms with Crippen molar-refractivity contribution in [3.8, 4) is 0 Å². The zero-order valence-corrected chi connectivity index (χ0v) is 14.2. The van der Waals surface area contributed by atoms with Crippen molar-refractivity contribution in [2.24, 2.45) is 10.6 Å². The van der Waals surface area contributed by atoms with Gasteiger partial charge in [0, 0.05) is 6.20 Å². The van der Waals surface area contributed by atoms with E-state index in [1.165, 1.54) is 42.2 Å². The second kappa shape index (κ2) is 5.53. The van der Waals surface area contributed by atoms with Crippen LogP contribution in [0.15, 0.2) is 53.6 Å². The molecule has 1 heterocycles. The molecule has 0 atom stereocenters. The van der Waals surface area contributed by atoms with E-state index >= 15 is 0 Å². The maximum absolute atomic E-state index is 11.4. The molecule has 0 amide bonds. The average Bonchev–Trinajstić information content (AvgIpc) is 2.96. The number of rotatable bonds is 3. The Morgan fingerprint density at radius 2 is 1.67 bits per heavy atom. The van der Waals surface area contributed by atoms with Crippen molar-refractivity contribution >= 4 is 21.2 Å². The highest BCUT2D eigenvalue weighted by Crippen LogP contribution is 2.59. The van der Waals surface area contributed by atoms with Crippen LogP contribution in [0.4, 0.5) is 0 Å². The van der Waals surface area contributed by atoms with Crippen LogP contribution in [-0.4, -0.2) is 13.4 Å². The first-order chi connectivity index (χ1) is 11.5. The molecule has 0 saturated heterocycles.